The van der Waals surface area contributed by atoms with E-state index in [0.29, 0.717) is 18.5 Å². The molecule has 4 heteroatoms. The molecule has 0 spiro atoms. The van der Waals surface area contributed by atoms with Gasteiger partial charge in [-0.2, -0.15) is 0 Å². The van der Waals surface area contributed by atoms with Crippen LogP contribution < -0.4 is 5.32 Å². The van der Waals surface area contributed by atoms with Crippen molar-refractivity contribution in [2.24, 2.45) is 0 Å². The summed E-state index contributed by atoms with van der Waals surface area (Å²) in [5, 5.41) is 4.05. The molecule has 1 aromatic rings. The Bertz CT molecular complexity index is 457. The molecule has 0 saturated heterocycles. The highest BCUT2D eigenvalue weighted by Crippen LogP contribution is 2.17. The first kappa shape index (κ1) is 15.7. The second-order valence-corrected chi connectivity index (χ2v) is 4.70. The predicted molar refractivity (Wildman–Crippen MR) is 78.3 cm³/mol. The fourth-order valence-corrected chi connectivity index (χ4v) is 1.95. The van der Waals surface area contributed by atoms with Crippen LogP contribution >= 0.6 is 11.6 Å². The number of halogens is 1. The molecule has 104 valence electrons. The molecular formula is C15H20ClNO2. The largest absolute Gasteiger partial charge is 0.466 e. The van der Waals surface area contributed by atoms with Crippen molar-refractivity contribution in [3.05, 3.63) is 46.5 Å². The van der Waals surface area contributed by atoms with Gasteiger partial charge in [0, 0.05) is 23.2 Å². The monoisotopic (exact) mass is 281 g/mol. The van der Waals surface area contributed by atoms with Crippen LogP contribution in [0, 0.1) is 0 Å². The third-order valence-electron chi connectivity index (χ3n) is 2.95. The number of methoxy groups -OCH3 is 1. The predicted octanol–water partition coefficient (Wildman–Crippen LogP) is 3.50. The molecule has 0 unspecified atom stereocenters. The molecule has 1 aromatic carbocycles. The topological polar surface area (TPSA) is 38.3 Å². The minimum absolute atomic E-state index is 0.172. The molecule has 0 aliphatic carbocycles. The summed E-state index contributed by atoms with van der Waals surface area (Å²) in [6.45, 7) is 4.61. The maximum absolute atomic E-state index is 11.4. The van der Waals surface area contributed by atoms with Gasteiger partial charge in [0.15, 0.2) is 0 Å². The van der Waals surface area contributed by atoms with E-state index < -0.39 is 0 Å². The van der Waals surface area contributed by atoms with Crippen LogP contribution in [0.5, 0.6) is 0 Å². The van der Waals surface area contributed by atoms with Crippen LogP contribution in [0.1, 0.15) is 31.9 Å². The van der Waals surface area contributed by atoms with Crippen LogP contribution in [-0.4, -0.2) is 19.6 Å². The number of hydrogen-bond donors (Lipinski definition) is 1. The minimum Gasteiger partial charge on any atom is -0.466 e. The highest BCUT2D eigenvalue weighted by molar-refractivity contribution is 6.30. The van der Waals surface area contributed by atoms with Gasteiger partial charge in [0.1, 0.15) is 0 Å². The Hall–Kier alpha value is -1.32. The van der Waals surface area contributed by atoms with Crippen molar-refractivity contribution >= 4 is 17.6 Å². The van der Waals surface area contributed by atoms with Gasteiger partial charge in [0.2, 0.25) is 0 Å². The molecule has 0 fully saturated rings. The molecule has 19 heavy (non-hydrogen) atoms. The minimum atomic E-state index is -0.264. The molecule has 3 nitrogen and oxygen atoms in total. The van der Waals surface area contributed by atoms with Crippen molar-refractivity contribution in [1.29, 1.82) is 0 Å². The molecule has 0 aliphatic rings. The van der Waals surface area contributed by atoms with Crippen LogP contribution in [0.15, 0.2) is 35.9 Å². The lowest BCUT2D eigenvalue weighted by atomic mass is 10.1. The molecule has 0 aliphatic heterocycles. The van der Waals surface area contributed by atoms with E-state index in [2.05, 4.69) is 12.2 Å². The van der Waals surface area contributed by atoms with Crippen LogP contribution in [0.4, 0.5) is 0 Å². The second kappa shape index (κ2) is 7.97. The molecule has 1 atom stereocenters. The smallest absolute Gasteiger partial charge is 0.333 e. The summed E-state index contributed by atoms with van der Waals surface area (Å²) in [6, 6.07) is 7.91. The molecule has 0 bridgehead atoms. The van der Waals surface area contributed by atoms with E-state index in [1.54, 1.807) is 0 Å². The van der Waals surface area contributed by atoms with E-state index >= 15 is 0 Å². The van der Waals surface area contributed by atoms with E-state index in [1.165, 1.54) is 7.11 Å². The number of ether oxygens (including phenoxy) is 1. The number of hydrogen-bond acceptors (Lipinski definition) is 3. The summed E-state index contributed by atoms with van der Waals surface area (Å²) < 4.78 is 4.71. The summed E-state index contributed by atoms with van der Waals surface area (Å²) in [6.07, 6.45) is 2.53. The van der Waals surface area contributed by atoms with E-state index in [0.717, 1.165) is 10.6 Å². The van der Waals surface area contributed by atoms with E-state index in [9.17, 15) is 4.79 Å². The van der Waals surface area contributed by atoms with Gasteiger partial charge in [-0.3, -0.25) is 0 Å². The highest BCUT2D eigenvalue weighted by atomic mass is 35.5. The Balaban J connectivity index is 2.57. The van der Waals surface area contributed by atoms with Crippen LogP contribution in [-0.2, 0) is 9.53 Å². The number of carbonyl (C=O) groups is 1. The van der Waals surface area contributed by atoms with Crippen molar-refractivity contribution < 1.29 is 9.53 Å². The van der Waals surface area contributed by atoms with Crippen LogP contribution in [0.2, 0.25) is 5.02 Å². The number of nitrogens with one attached hydrogen (secondary N) is 1. The van der Waals surface area contributed by atoms with Gasteiger partial charge in [0.25, 0.3) is 0 Å². The summed E-state index contributed by atoms with van der Waals surface area (Å²) >= 11 is 5.96. The van der Waals surface area contributed by atoms with Gasteiger partial charge in [-0.15, -0.1) is 0 Å². The summed E-state index contributed by atoms with van der Waals surface area (Å²) in [7, 11) is 1.40. The third-order valence-corrected chi connectivity index (χ3v) is 3.18. The lowest BCUT2D eigenvalue weighted by Crippen LogP contribution is -2.19. The molecule has 0 heterocycles. The van der Waals surface area contributed by atoms with Gasteiger partial charge in [0.05, 0.1) is 7.11 Å². The normalized spacial score (nSPS) is 13.2. The van der Waals surface area contributed by atoms with Crippen molar-refractivity contribution in [3.63, 3.8) is 0 Å². The Morgan fingerprint density at radius 1 is 1.53 bits per heavy atom. The highest BCUT2D eigenvalue weighted by Gasteiger charge is 2.07. The third kappa shape index (κ3) is 5.05. The fourth-order valence-electron chi connectivity index (χ4n) is 1.76. The first-order valence-electron chi connectivity index (χ1n) is 6.34. The number of benzene rings is 1. The summed E-state index contributed by atoms with van der Waals surface area (Å²) in [5.41, 5.74) is 1.81. The van der Waals surface area contributed by atoms with E-state index in [4.69, 9.17) is 16.3 Å². The Labute approximate surface area is 119 Å². The van der Waals surface area contributed by atoms with Gasteiger partial charge < -0.3 is 10.1 Å². The Morgan fingerprint density at radius 2 is 2.26 bits per heavy atom. The lowest BCUT2D eigenvalue weighted by molar-refractivity contribution is -0.136. The maximum atomic E-state index is 11.4. The van der Waals surface area contributed by atoms with Crippen molar-refractivity contribution in [2.45, 2.75) is 26.3 Å². The zero-order valence-electron chi connectivity index (χ0n) is 11.6. The number of rotatable bonds is 6. The van der Waals surface area contributed by atoms with Crippen molar-refractivity contribution in [2.75, 3.05) is 13.7 Å². The van der Waals surface area contributed by atoms with Gasteiger partial charge >= 0.3 is 5.97 Å². The quantitative estimate of drug-likeness (QED) is 0.641. The molecule has 0 aromatic heterocycles. The first-order valence-corrected chi connectivity index (χ1v) is 6.72. The average molecular weight is 282 g/mol. The van der Waals surface area contributed by atoms with Crippen molar-refractivity contribution in [3.8, 4) is 0 Å². The maximum Gasteiger partial charge on any atom is 0.333 e. The van der Waals surface area contributed by atoms with Gasteiger partial charge in [-0.05, 0) is 31.0 Å². The molecule has 0 amide bonds. The fraction of sp³-hybridized carbons (Fsp3) is 0.400. The number of esters is 1. The van der Waals surface area contributed by atoms with Crippen LogP contribution in [0.25, 0.3) is 0 Å². The SMILES string of the molecule is CC/C(=C/CN[C@@H](C)c1cccc(Cl)c1)C(=O)OC. The standard InChI is InChI=1S/C15H20ClNO2/c1-4-12(15(18)19-3)8-9-17-11(2)13-6-5-7-14(16)10-13/h5-8,10-11,17H,4,9H2,1-3H3/b12-8-/t11-/m0/s1. The lowest BCUT2D eigenvalue weighted by Gasteiger charge is -2.13. The molecular weight excluding hydrogens is 262 g/mol. The Kier molecular flexibility index (Phi) is 6.60. The number of carbonyl (C=O) groups excluding carboxylic acids is 1. The summed E-state index contributed by atoms with van der Waals surface area (Å²) in [5.74, 6) is -0.264. The van der Waals surface area contributed by atoms with E-state index in [1.807, 2.05) is 37.3 Å². The van der Waals surface area contributed by atoms with Crippen LogP contribution in [0.3, 0.4) is 0 Å². The average Bonchev–Trinajstić information content (AvgIpc) is 2.42. The first-order chi connectivity index (χ1) is 9.08. The zero-order valence-corrected chi connectivity index (χ0v) is 12.3. The molecule has 1 N–H and O–H groups in total. The molecule has 0 saturated carbocycles. The Morgan fingerprint density at radius 3 is 2.84 bits per heavy atom. The molecule has 0 radical (unpaired) electrons. The van der Waals surface area contributed by atoms with Gasteiger partial charge in [-0.1, -0.05) is 36.7 Å². The summed E-state index contributed by atoms with van der Waals surface area (Å²) in [4.78, 5) is 11.4. The van der Waals surface area contributed by atoms with E-state index in [-0.39, 0.29) is 12.0 Å². The van der Waals surface area contributed by atoms with Gasteiger partial charge in [-0.25, -0.2) is 4.79 Å². The van der Waals surface area contributed by atoms with Crippen molar-refractivity contribution in [1.82, 2.24) is 5.32 Å². The zero-order chi connectivity index (χ0) is 14.3. The molecule has 1 rings (SSSR count). The second-order valence-electron chi connectivity index (χ2n) is 4.26.